The summed E-state index contributed by atoms with van der Waals surface area (Å²) in [5.74, 6) is 0.735. The summed E-state index contributed by atoms with van der Waals surface area (Å²) in [6.07, 6.45) is 1.43. The van der Waals surface area contributed by atoms with Crippen molar-refractivity contribution in [1.29, 1.82) is 0 Å². The number of unbranched alkanes of at least 4 members (excludes halogenated alkanes) is 2. The van der Waals surface area contributed by atoms with Crippen molar-refractivity contribution >= 4 is 0 Å². The smallest absolute Gasteiger partial charge is 0.352 e. The van der Waals surface area contributed by atoms with Crippen molar-refractivity contribution in [3.05, 3.63) is 35.4 Å². The van der Waals surface area contributed by atoms with Gasteiger partial charge < -0.3 is 18.9 Å². The molecule has 0 amide bonds. The van der Waals surface area contributed by atoms with Crippen LogP contribution in [0.2, 0.25) is 0 Å². The van der Waals surface area contributed by atoms with E-state index in [4.69, 9.17) is 18.9 Å². The molecule has 29 heavy (non-hydrogen) atoms. The number of benzene rings is 1. The standard InChI is InChI=1S/C22H31F3O4/c1-2-3-4-5-16-12-26-20(27-13-16)11-6-17-14-28-21(29-15-17)18-7-9-19(10-8-18)22(23,24)25/h7-10,16-17,20-21H,2-6,11-15H2,1H3/t16-,17-,20-,21-. The molecule has 0 spiro atoms. The molecule has 2 heterocycles. The van der Waals surface area contributed by atoms with E-state index in [0.717, 1.165) is 44.6 Å². The second kappa shape index (κ2) is 10.8. The summed E-state index contributed by atoms with van der Waals surface area (Å²) in [6, 6.07) is 4.94. The Balaban J connectivity index is 1.33. The highest BCUT2D eigenvalue weighted by atomic mass is 19.4. The Kier molecular flexibility index (Phi) is 8.35. The average molecular weight is 416 g/mol. The molecule has 4 nitrogen and oxygen atoms in total. The van der Waals surface area contributed by atoms with Crippen molar-refractivity contribution in [2.24, 2.45) is 11.8 Å². The van der Waals surface area contributed by atoms with Gasteiger partial charge in [-0.15, -0.1) is 0 Å². The fourth-order valence-corrected chi connectivity index (χ4v) is 3.70. The summed E-state index contributed by atoms with van der Waals surface area (Å²) in [7, 11) is 0. The number of rotatable bonds is 8. The van der Waals surface area contributed by atoms with Crippen LogP contribution in [-0.4, -0.2) is 32.7 Å². The zero-order valence-electron chi connectivity index (χ0n) is 17.0. The van der Waals surface area contributed by atoms with Crippen LogP contribution in [0.25, 0.3) is 0 Å². The fourth-order valence-electron chi connectivity index (χ4n) is 3.70. The van der Waals surface area contributed by atoms with Gasteiger partial charge in [-0.3, -0.25) is 0 Å². The van der Waals surface area contributed by atoms with Gasteiger partial charge in [0.25, 0.3) is 0 Å². The van der Waals surface area contributed by atoms with Crippen molar-refractivity contribution in [2.45, 2.75) is 64.2 Å². The predicted octanol–water partition coefficient (Wildman–Crippen LogP) is 5.72. The van der Waals surface area contributed by atoms with E-state index in [1.165, 1.54) is 31.4 Å². The number of hydrogen-bond acceptors (Lipinski definition) is 4. The molecule has 0 saturated carbocycles. The SMILES string of the molecule is CCCCC[C@H]1CO[C@H](CC[C@H]2CO[C@H](c3ccc(C(F)(F)F)cc3)OC2)OC1. The molecule has 0 N–H and O–H groups in total. The maximum absolute atomic E-state index is 12.7. The lowest BCUT2D eigenvalue weighted by Gasteiger charge is -2.32. The summed E-state index contributed by atoms with van der Waals surface area (Å²) in [5, 5.41) is 0. The normalized spacial score (nSPS) is 28.4. The second-order valence-corrected chi connectivity index (χ2v) is 8.02. The molecule has 2 aliphatic heterocycles. The van der Waals surface area contributed by atoms with Crippen LogP contribution in [0.3, 0.4) is 0 Å². The van der Waals surface area contributed by atoms with Gasteiger partial charge in [-0.05, 0) is 31.4 Å². The van der Waals surface area contributed by atoms with Gasteiger partial charge >= 0.3 is 6.18 Å². The molecule has 1 aromatic carbocycles. The van der Waals surface area contributed by atoms with Crippen molar-refractivity contribution < 1.29 is 32.1 Å². The minimum Gasteiger partial charge on any atom is -0.352 e. The van der Waals surface area contributed by atoms with E-state index in [0.29, 0.717) is 24.7 Å². The third kappa shape index (κ3) is 6.95. The minimum absolute atomic E-state index is 0.162. The largest absolute Gasteiger partial charge is 0.416 e. The molecule has 0 unspecified atom stereocenters. The lowest BCUT2D eigenvalue weighted by molar-refractivity contribution is -0.220. The monoisotopic (exact) mass is 416 g/mol. The van der Waals surface area contributed by atoms with Crippen LogP contribution in [0, 0.1) is 11.8 Å². The van der Waals surface area contributed by atoms with E-state index in [1.807, 2.05) is 0 Å². The van der Waals surface area contributed by atoms with Gasteiger partial charge in [0, 0.05) is 17.4 Å². The van der Waals surface area contributed by atoms with Gasteiger partial charge in [-0.1, -0.05) is 38.3 Å². The number of hydrogen-bond donors (Lipinski definition) is 0. The molecular formula is C22H31F3O4. The van der Waals surface area contributed by atoms with Gasteiger partial charge in [-0.25, -0.2) is 0 Å². The Morgan fingerprint density at radius 1 is 0.793 bits per heavy atom. The summed E-state index contributed by atoms with van der Waals surface area (Å²) >= 11 is 0. The van der Waals surface area contributed by atoms with Crippen LogP contribution in [0.5, 0.6) is 0 Å². The Morgan fingerprint density at radius 2 is 1.38 bits per heavy atom. The summed E-state index contributed by atoms with van der Waals surface area (Å²) < 4.78 is 61.1. The second-order valence-electron chi connectivity index (χ2n) is 8.02. The van der Waals surface area contributed by atoms with Crippen molar-refractivity contribution in [1.82, 2.24) is 0 Å². The number of alkyl halides is 3. The highest BCUT2D eigenvalue weighted by Gasteiger charge is 2.31. The van der Waals surface area contributed by atoms with E-state index in [1.54, 1.807) is 0 Å². The zero-order valence-corrected chi connectivity index (χ0v) is 17.0. The van der Waals surface area contributed by atoms with Gasteiger partial charge in [-0.2, -0.15) is 13.2 Å². The molecule has 2 fully saturated rings. The van der Waals surface area contributed by atoms with E-state index in [9.17, 15) is 13.2 Å². The summed E-state index contributed by atoms with van der Waals surface area (Å²) in [4.78, 5) is 0. The fraction of sp³-hybridized carbons (Fsp3) is 0.727. The van der Waals surface area contributed by atoms with Crippen LogP contribution in [-0.2, 0) is 25.1 Å². The molecule has 2 aliphatic rings. The third-order valence-corrected chi connectivity index (χ3v) is 5.54. The lowest BCUT2D eigenvalue weighted by Crippen LogP contribution is -2.33. The highest BCUT2D eigenvalue weighted by Crippen LogP contribution is 2.32. The lowest BCUT2D eigenvalue weighted by atomic mass is 10.0. The first-order valence-electron chi connectivity index (χ1n) is 10.6. The topological polar surface area (TPSA) is 36.9 Å². The molecule has 3 rings (SSSR count). The minimum atomic E-state index is -4.34. The Hall–Kier alpha value is -1.15. The van der Waals surface area contributed by atoms with Crippen molar-refractivity contribution in [3.63, 3.8) is 0 Å². The van der Waals surface area contributed by atoms with Gasteiger partial charge in [0.2, 0.25) is 0 Å². The van der Waals surface area contributed by atoms with Gasteiger partial charge in [0.15, 0.2) is 12.6 Å². The van der Waals surface area contributed by atoms with Crippen molar-refractivity contribution in [3.8, 4) is 0 Å². The molecule has 0 atom stereocenters. The number of halogens is 3. The van der Waals surface area contributed by atoms with E-state index >= 15 is 0 Å². The van der Waals surface area contributed by atoms with E-state index in [-0.39, 0.29) is 12.2 Å². The third-order valence-electron chi connectivity index (χ3n) is 5.54. The molecule has 0 bridgehead atoms. The molecule has 2 saturated heterocycles. The van der Waals surface area contributed by atoms with E-state index in [2.05, 4.69) is 6.92 Å². The first-order chi connectivity index (χ1) is 14.0. The maximum Gasteiger partial charge on any atom is 0.416 e. The first kappa shape index (κ1) is 22.5. The van der Waals surface area contributed by atoms with Crippen LogP contribution in [0.4, 0.5) is 13.2 Å². The Morgan fingerprint density at radius 3 is 1.97 bits per heavy atom. The highest BCUT2D eigenvalue weighted by molar-refractivity contribution is 5.25. The molecule has 0 aromatic heterocycles. The first-order valence-corrected chi connectivity index (χ1v) is 10.6. The molecule has 0 aliphatic carbocycles. The summed E-state index contributed by atoms with van der Waals surface area (Å²) in [6.45, 7) is 4.76. The predicted molar refractivity (Wildman–Crippen MR) is 102 cm³/mol. The quantitative estimate of drug-likeness (QED) is 0.508. The Labute approximate surface area is 170 Å². The molecular weight excluding hydrogens is 385 g/mol. The van der Waals surface area contributed by atoms with Gasteiger partial charge in [0.05, 0.1) is 32.0 Å². The Bertz CT molecular complexity index is 589. The summed E-state index contributed by atoms with van der Waals surface area (Å²) in [5.41, 5.74) is -0.0699. The van der Waals surface area contributed by atoms with Crippen LogP contribution in [0.1, 0.15) is 62.9 Å². The van der Waals surface area contributed by atoms with E-state index < -0.39 is 18.0 Å². The number of ether oxygens (including phenoxy) is 4. The van der Waals surface area contributed by atoms with Crippen molar-refractivity contribution in [2.75, 3.05) is 26.4 Å². The van der Waals surface area contributed by atoms with Crippen LogP contribution < -0.4 is 0 Å². The molecule has 1 aromatic rings. The van der Waals surface area contributed by atoms with Crippen LogP contribution >= 0.6 is 0 Å². The molecule has 164 valence electrons. The van der Waals surface area contributed by atoms with Gasteiger partial charge in [0.1, 0.15) is 0 Å². The zero-order chi connectivity index (χ0) is 20.7. The average Bonchev–Trinajstić information content (AvgIpc) is 2.73. The maximum atomic E-state index is 12.7. The molecule has 7 heteroatoms. The van der Waals surface area contributed by atoms with Crippen LogP contribution in [0.15, 0.2) is 24.3 Å². The molecule has 0 radical (unpaired) electrons.